The van der Waals surface area contributed by atoms with Gasteiger partial charge >= 0.3 is 0 Å². The maximum atomic E-state index is 12.2. The Morgan fingerprint density at radius 1 is 1.40 bits per heavy atom. The third-order valence-corrected chi connectivity index (χ3v) is 4.73. The number of likely N-dealkylation sites (N-methyl/N-ethyl adjacent to an activating group) is 1. The fourth-order valence-electron chi connectivity index (χ4n) is 1.32. The van der Waals surface area contributed by atoms with Crippen molar-refractivity contribution in [2.75, 3.05) is 44.9 Å². The van der Waals surface area contributed by atoms with E-state index >= 15 is 0 Å². The van der Waals surface area contributed by atoms with Crippen LogP contribution in [0.15, 0.2) is 0 Å². The van der Waals surface area contributed by atoms with E-state index in [4.69, 9.17) is 5.73 Å². The number of nitrogens with one attached hydrogen (secondary N) is 1. The number of aromatic nitrogens is 1. The molecule has 0 aromatic carbocycles. The summed E-state index contributed by atoms with van der Waals surface area (Å²) in [5.41, 5.74) is 5.72. The third-order valence-electron chi connectivity index (χ3n) is 3.54. The lowest BCUT2D eigenvalue weighted by molar-refractivity contribution is 0.0924. The van der Waals surface area contributed by atoms with E-state index in [0.29, 0.717) is 17.2 Å². The normalized spacial score (nSPS) is 11.8. The van der Waals surface area contributed by atoms with Crippen molar-refractivity contribution in [3.63, 3.8) is 0 Å². The highest BCUT2D eigenvalue weighted by atomic mass is 32.1. The van der Waals surface area contributed by atoms with Crippen LogP contribution in [0.5, 0.6) is 0 Å². The van der Waals surface area contributed by atoms with Crippen molar-refractivity contribution in [1.29, 1.82) is 0 Å². The molecule has 0 aliphatic heterocycles. The summed E-state index contributed by atoms with van der Waals surface area (Å²) in [5.74, 6) is 0.135. The number of carbonyl (C=O) groups is 1. The van der Waals surface area contributed by atoms with E-state index in [1.807, 2.05) is 33.0 Å². The summed E-state index contributed by atoms with van der Waals surface area (Å²) in [6, 6.07) is 0. The van der Waals surface area contributed by atoms with E-state index in [0.717, 1.165) is 11.7 Å². The van der Waals surface area contributed by atoms with Gasteiger partial charge < -0.3 is 20.9 Å². The molecule has 0 bridgehead atoms. The van der Waals surface area contributed by atoms with E-state index in [9.17, 15) is 4.79 Å². The zero-order valence-corrected chi connectivity index (χ0v) is 14.0. The molecule has 0 aliphatic rings. The lowest BCUT2D eigenvalue weighted by atomic mass is 10.0. The Labute approximate surface area is 125 Å². The molecular weight excluding hydrogens is 274 g/mol. The highest BCUT2D eigenvalue weighted by molar-refractivity contribution is 7.18. The molecule has 0 unspecified atom stereocenters. The van der Waals surface area contributed by atoms with Crippen molar-refractivity contribution in [1.82, 2.24) is 15.2 Å². The maximum Gasteiger partial charge on any atom is 0.265 e. The van der Waals surface area contributed by atoms with Crippen LogP contribution in [-0.4, -0.2) is 55.6 Å². The van der Waals surface area contributed by atoms with Crippen molar-refractivity contribution in [3.8, 4) is 0 Å². The minimum atomic E-state index is -0.161. The van der Waals surface area contributed by atoms with Crippen molar-refractivity contribution in [2.45, 2.75) is 26.3 Å². The number of amides is 1. The highest BCUT2D eigenvalue weighted by Crippen LogP contribution is 2.27. The number of hydrogen-bond acceptors (Lipinski definition) is 6. The Bertz CT molecular complexity index is 469. The first-order chi connectivity index (χ1) is 9.19. The van der Waals surface area contributed by atoms with Gasteiger partial charge in [-0.3, -0.25) is 4.79 Å². The molecule has 0 saturated heterocycles. The molecule has 1 aromatic heterocycles. The zero-order chi connectivity index (χ0) is 15.5. The maximum absolute atomic E-state index is 12.2. The number of nitrogen functional groups attached to an aromatic ring is 1. The molecule has 0 fully saturated rings. The largest absolute Gasteiger partial charge is 0.382 e. The van der Waals surface area contributed by atoms with E-state index in [1.54, 1.807) is 0 Å². The monoisotopic (exact) mass is 299 g/mol. The molecule has 1 aromatic rings. The smallest absolute Gasteiger partial charge is 0.265 e. The van der Waals surface area contributed by atoms with Crippen LogP contribution in [0.2, 0.25) is 0 Å². The molecule has 0 spiro atoms. The molecule has 0 saturated carbocycles. The van der Waals surface area contributed by atoms with Crippen LogP contribution >= 0.6 is 11.3 Å². The molecule has 1 rings (SSSR count). The first kappa shape index (κ1) is 16.7. The molecule has 1 heterocycles. The lowest BCUT2D eigenvalue weighted by Gasteiger charge is -2.32. The second-order valence-corrected chi connectivity index (χ2v) is 6.59. The number of rotatable bonds is 6. The van der Waals surface area contributed by atoms with Gasteiger partial charge in [-0.05, 0) is 34.9 Å². The van der Waals surface area contributed by atoms with Gasteiger partial charge in [0.15, 0.2) is 5.13 Å². The van der Waals surface area contributed by atoms with Gasteiger partial charge in [0.2, 0.25) is 0 Å². The summed E-state index contributed by atoms with van der Waals surface area (Å²) in [7, 11) is 5.90. The fraction of sp³-hybridized carbons (Fsp3) is 0.692. The van der Waals surface area contributed by atoms with Gasteiger partial charge in [-0.2, -0.15) is 0 Å². The van der Waals surface area contributed by atoms with Crippen LogP contribution in [0.4, 0.5) is 10.9 Å². The minimum absolute atomic E-state index is 0.113. The average molecular weight is 299 g/mol. The second-order valence-electron chi connectivity index (χ2n) is 5.61. The molecule has 20 heavy (non-hydrogen) atoms. The molecule has 0 radical (unpaired) electrons. The van der Waals surface area contributed by atoms with E-state index in [1.165, 1.54) is 11.3 Å². The van der Waals surface area contributed by atoms with Gasteiger partial charge in [0.1, 0.15) is 10.7 Å². The van der Waals surface area contributed by atoms with E-state index < -0.39 is 0 Å². The summed E-state index contributed by atoms with van der Waals surface area (Å²) >= 11 is 1.32. The van der Waals surface area contributed by atoms with Crippen molar-refractivity contribution in [2.24, 2.45) is 0 Å². The number of nitrogens with zero attached hydrogens (tertiary/aromatic N) is 3. The fourth-order valence-corrected chi connectivity index (χ4v) is 2.24. The zero-order valence-electron chi connectivity index (χ0n) is 13.1. The van der Waals surface area contributed by atoms with Gasteiger partial charge in [0, 0.05) is 25.7 Å². The summed E-state index contributed by atoms with van der Waals surface area (Å²) in [5, 5.41) is 3.69. The van der Waals surface area contributed by atoms with Gasteiger partial charge in [-0.25, -0.2) is 4.98 Å². The molecule has 0 atom stereocenters. The van der Waals surface area contributed by atoms with Crippen LogP contribution in [0.1, 0.15) is 30.4 Å². The number of nitrogens with two attached hydrogens (primary N) is 1. The van der Waals surface area contributed by atoms with Crippen molar-refractivity contribution in [3.05, 3.63) is 4.88 Å². The van der Waals surface area contributed by atoms with E-state index in [2.05, 4.69) is 29.0 Å². The van der Waals surface area contributed by atoms with Crippen LogP contribution in [0.25, 0.3) is 0 Å². The van der Waals surface area contributed by atoms with Crippen molar-refractivity contribution < 1.29 is 4.79 Å². The Morgan fingerprint density at radius 3 is 2.50 bits per heavy atom. The van der Waals surface area contributed by atoms with Crippen LogP contribution < -0.4 is 16.0 Å². The Kier molecular flexibility index (Phi) is 5.35. The highest BCUT2D eigenvalue weighted by Gasteiger charge is 2.23. The molecule has 6 nitrogen and oxygen atoms in total. The van der Waals surface area contributed by atoms with Gasteiger partial charge in [0.05, 0.1) is 0 Å². The quantitative estimate of drug-likeness (QED) is 0.827. The van der Waals surface area contributed by atoms with Crippen LogP contribution in [-0.2, 0) is 0 Å². The number of hydrogen-bond donors (Lipinski definition) is 2. The molecule has 1 amide bonds. The number of carbonyl (C=O) groups excluding carboxylic acids is 1. The predicted molar refractivity (Wildman–Crippen MR) is 85.6 cm³/mol. The number of anilines is 2. The molecule has 0 aliphatic carbocycles. The number of thiazole rings is 1. The first-order valence-electron chi connectivity index (χ1n) is 6.62. The molecule has 114 valence electrons. The Balaban J connectivity index is 2.76. The predicted octanol–water partition coefficient (Wildman–Crippen LogP) is 1.25. The summed E-state index contributed by atoms with van der Waals surface area (Å²) in [6.45, 7) is 7.53. The minimum Gasteiger partial charge on any atom is -0.382 e. The van der Waals surface area contributed by atoms with Gasteiger partial charge in [-0.15, -0.1) is 0 Å². The Morgan fingerprint density at radius 2 is 2.00 bits per heavy atom. The second kappa shape index (κ2) is 6.41. The molecular formula is C13H25N5OS. The molecule has 3 N–H and O–H groups in total. The lowest BCUT2D eigenvalue weighted by Crippen LogP contribution is -2.48. The summed E-state index contributed by atoms with van der Waals surface area (Å²) in [4.78, 5) is 20.9. The SMILES string of the molecule is CCN(C)c1nc(N)c(C(=O)NCC(C)(C)N(C)C)s1. The summed E-state index contributed by atoms with van der Waals surface area (Å²) in [6.07, 6.45) is 0. The molecule has 7 heteroatoms. The Hall–Kier alpha value is -1.34. The van der Waals surface area contributed by atoms with Crippen LogP contribution in [0, 0.1) is 0 Å². The van der Waals surface area contributed by atoms with Gasteiger partial charge in [0.25, 0.3) is 5.91 Å². The third kappa shape index (κ3) is 3.83. The topological polar surface area (TPSA) is 74.5 Å². The average Bonchev–Trinajstić information content (AvgIpc) is 2.77. The van der Waals surface area contributed by atoms with E-state index in [-0.39, 0.29) is 11.4 Å². The van der Waals surface area contributed by atoms with Crippen molar-refractivity contribution >= 4 is 28.2 Å². The standard InChI is InChI=1S/C13H25N5OS/c1-7-18(6)12-16-10(14)9(20-12)11(19)15-8-13(2,3)17(4)5/h7-8,14H2,1-6H3,(H,15,19). The van der Waals surface area contributed by atoms with Gasteiger partial charge in [-0.1, -0.05) is 11.3 Å². The summed E-state index contributed by atoms with van der Waals surface area (Å²) < 4.78 is 0. The van der Waals surface area contributed by atoms with Crippen LogP contribution in [0.3, 0.4) is 0 Å². The first-order valence-corrected chi connectivity index (χ1v) is 7.43.